The van der Waals surface area contributed by atoms with Gasteiger partial charge in [-0.25, -0.2) is 0 Å². The second kappa shape index (κ2) is 5.29. The molecule has 110 valence electrons. The number of fused-ring (bicyclic) bond motifs is 1. The molecular weight excluding hydrogens is 270 g/mol. The summed E-state index contributed by atoms with van der Waals surface area (Å²) in [6, 6.07) is 4.78. The van der Waals surface area contributed by atoms with E-state index in [0.29, 0.717) is 23.4 Å². The van der Waals surface area contributed by atoms with Crippen LogP contribution < -0.4 is 15.5 Å². The molecule has 0 bridgehead atoms. The monoisotopic (exact) mass is 287 g/mol. The highest BCUT2D eigenvalue weighted by Gasteiger charge is 2.34. The summed E-state index contributed by atoms with van der Waals surface area (Å²) in [5, 5.41) is 5.48. The van der Waals surface area contributed by atoms with Gasteiger partial charge in [-0.15, -0.1) is 0 Å². The number of carbonyl (C=O) groups excluding carboxylic acids is 3. The van der Waals surface area contributed by atoms with E-state index >= 15 is 0 Å². The molecule has 2 heterocycles. The molecule has 0 aliphatic carbocycles. The van der Waals surface area contributed by atoms with Crippen LogP contribution in [0.3, 0.4) is 0 Å². The average Bonchev–Trinajstić information content (AvgIpc) is 2.98. The Hall–Kier alpha value is -2.21. The van der Waals surface area contributed by atoms with Gasteiger partial charge in [-0.3, -0.25) is 19.7 Å². The van der Waals surface area contributed by atoms with Gasteiger partial charge in [0.25, 0.3) is 11.8 Å². The third-order valence-electron chi connectivity index (χ3n) is 3.88. The molecule has 6 nitrogen and oxygen atoms in total. The summed E-state index contributed by atoms with van der Waals surface area (Å²) in [5.74, 6) is -0.755. The predicted molar refractivity (Wildman–Crippen MR) is 77.3 cm³/mol. The van der Waals surface area contributed by atoms with Crippen molar-refractivity contribution in [2.24, 2.45) is 0 Å². The first kappa shape index (κ1) is 13.8. The summed E-state index contributed by atoms with van der Waals surface area (Å²) in [7, 11) is 0. The van der Waals surface area contributed by atoms with E-state index in [1.165, 1.54) is 0 Å². The van der Waals surface area contributed by atoms with E-state index in [1.807, 2.05) is 0 Å². The zero-order chi connectivity index (χ0) is 15.0. The van der Waals surface area contributed by atoms with Gasteiger partial charge in [0.15, 0.2) is 0 Å². The van der Waals surface area contributed by atoms with Crippen molar-refractivity contribution in [3.63, 3.8) is 0 Å². The molecule has 2 aliphatic rings. The van der Waals surface area contributed by atoms with Gasteiger partial charge in [-0.1, -0.05) is 6.92 Å². The van der Waals surface area contributed by atoms with Crippen LogP contribution in [0.5, 0.6) is 0 Å². The third kappa shape index (κ3) is 2.31. The summed E-state index contributed by atoms with van der Waals surface area (Å²) in [4.78, 5) is 37.2. The lowest BCUT2D eigenvalue weighted by atomic mass is 10.1. The zero-order valence-corrected chi connectivity index (χ0v) is 11.8. The molecule has 0 saturated carbocycles. The highest BCUT2D eigenvalue weighted by atomic mass is 16.2. The number of carbonyl (C=O) groups is 3. The van der Waals surface area contributed by atoms with Gasteiger partial charge in [0.05, 0.1) is 17.2 Å². The molecule has 21 heavy (non-hydrogen) atoms. The second-order valence-corrected chi connectivity index (χ2v) is 5.30. The molecule has 3 amide bonds. The topological polar surface area (TPSA) is 78.5 Å². The lowest BCUT2D eigenvalue weighted by Crippen LogP contribution is -2.38. The van der Waals surface area contributed by atoms with Crippen LogP contribution in [-0.4, -0.2) is 36.9 Å². The fourth-order valence-corrected chi connectivity index (χ4v) is 2.77. The Morgan fingerprint density at radius 3 is 2.76 bits per heavy atom. The Morgan fingerprint density at radius 2 is 2.00 bits per heavy atom. The SMILES string of the molecule is CCCNC1CCN(c2ccc3c(c2)C(=O)NC3=O)C1=O. The molecule has 1 aromatic rings. The van der Waals surface area contributed by atoms with Crippen LogP contribution in [-0.2, 0) is 4.79 Å². The molecule has 1 fully saturated rings. The number of anilines is 1. The lowest BCUT2D eigenvalue weighted by molar-refractivity contribution is -0.118. The maximum Gasteiger partial charge on any atom is 0.259 e. The highest BCUT2D eigenvalue weighted by Crippen LogP contribution is 2.26. The molecule has 3 rings (SSSR count). The van der Waals surface area contributed by atoms with Crippen LogP contribution in [0, 0.1) is 0 Å². The molecule has 2 N–H and O–H groups in total. The third-order valence-corrected chi connectivity index (χ3v) is 3.88. The molecule has 1 unspecified atom stereocenters. The largest absolute Gasteiger partial charge is 0.311 e. The normalized spacial score (nSPS) is 20.9. The van der Waals surface area contributed by atoms with Gasteiger partial charge < -0.3 is 10.2 Å². The highest BCUT2D eigenvalue weighted by molar-refractivity contribution is 6.22. The molecular formula is C15H17N3O3. The number of rotatable bonds is 4. The Labute approximate surface area is 122 Å². The van der Waals surface area contributed by atoms with Crippen LogP contribution in [0.4, 0.5) is 5.69 Å². The van der Waals surface area contributed by atoms with Gasteiger partial charge in [0.1, 0.15) is 0 Å². The second-order valence-electron chi connectivity index (χ2n) is 5.30. The van der Waals surface area contributed by atoms with E-state index in [0.717, 1.165) is 19.4 Å². The molecule has 1 saturated heterocycles. The van der Waals surface area contributed by atoms with Crippen molar-refractivity contribution in [2.45, 2.75) is 25.8 Å². The zero-order valence-electron chi connectivity index (χ0n) is 11.8. The smallest absolute Gasteiger partial charge is 0.259 e. The summed E-state index contributed by atoms with van der Waals surface area (Å²) < 4.78 is 0. The summed E-state index contributed by atoms with van der Waals surface area (Å²) in [5.41, 5.74) is 1.38. The molecule has 0 aromatic heterocycles. The quantitative estimate of drug-likeness (QED) is 0.798. The van der Waals surface area contributed by atoms with Crippen molar-refractivity contribution < 1.29 is 14.4 Å². The van der Waals surface area contributed by atoms with Crippen LogP contribution in [0.1, 0.15) is 40.5 Å². The van der Waals surface area contributed by atoms with E-state index in [1.54, 1.807) is 23.1 Å². The lowest BCUT2D eigenvalue weighted by Gasteiger charge is -2.17. The number of nitrogens with zero attached hydrogens (tertiary/aromatic N) is 1. The van der Waals surface area contributed by atoms with E-state index in [4.69, 9.17) is 0 Å². The maximum absolute atomic E-state index is 12.4. The first-order valence-corrected chi connectivity index (χ1v) is 7.16. The molecule has 6 heteroatoms. The number of hydrogen-bond acceptors (Lipinski definition) is 4. The van der Waals surface area contributed by atoms with Gasteiger partial charge in [-0.2, -0.15) is 0 Å². The Kier molecular flexibility index (Phi) is 3.47. The van der Waals surface area contributed by atoms with Crippen LogP contribution >= 0.6 is 0 Å². The van der Waals surface area contributed by atoms with Crippen LogP contribution in [0.15, 0.2) is 18.2 Å². The number of imide groups is 1. The minimum atomic E-state index is -0.399. The molecule has 2 aliphatic heterocycles. The predicted octanol–water partition coefficient (Wildman–Crippen LogP) is 0.675. The Balaban J connectivity index is 1.83. The molecule has 0 spiro atoms. The minimum Gasteiger partial charge on any atom is -0.311 e. The molecule has 0 radical (unpaired) electrons. The standard InChI is InChI=1S/C15H17N3O3/c1-2-6-16-12-5-7-18(15(12)21)9-3-4-10-11(8-9)14(20)17-13(10)19/h3-4,8,12,16H,2,5-7H2,1H3,(H,17,19,20). The summed E-state index contributed by atoms with van der Waals surface area (Å²) in [6.45, 7) is 3.49. The van der Waals surface area contributed by atoms with Gasteiger partial charge in [-0.05, 0) is 37.6 Å². The van der Waals surface area contributed by atoms with Crippen molar-refractivity contribution in [3.05, 3.63) is 29.3 Å². The summed E-state index contributed by atoms with van der Waals surface area (Å²) in [6.07, 6.45) is 1.73. The number of nitrogens with one attached hydrogen (secondary N) is 2. The molecule has 1 aromatic carbocycles. The van der Waals surface area contributed by atoms with Crippen LogP contribution in [0.25, 0.3) is 0 Å². The van der Waals surface area contributed by atoms with Crippen molar-refractivity contribution in [1.29, 1.82) is 0 Å². The fourth-order valence-electron chi connectivity index (χ4n) is 2.77. The van der Waals surface area contributed by atoms with E-state index in [-0.39, 0.29) is 17.9 Å². The Morgan fingerprint density at radius 1 is 1.24 bits per heavy atom. The fraction of sp³-hybridized carbons (Fsp3) is 0.400. The van der Waals surface area contributed by atoms with Crippen molar-refractivity contribution in [3.8, 4) is 0 Å². The Bertz CT molecular complexity index is 627. The average molecular weight is 287 g/mol. The van der Waals surface area contributed by atoms with Gasteiger partial charge in [0.2, 0.25) is 5.91 Å². The van der Waals surface area contributed by atoms with E-state index < -0.39 is 5.91 Å². The molecule has 1 atom stereocenters. The van der Waals surface area contributed by atoms with E-state index in [2.05, 4.69) is 17.6 Å². The number of benzene rings is 1. The first-order chi connectivity index (χ1) is 10.1. The van der Waals surface area contributed by atoms with E-state index in [9.17, 15) is 14.4 Å². The van der Waals surface area contributed by atoms with Crippen molar-refractivity contribution >= 4 is 23.4 Å². The van der Waals surface area contributed by atoms with Crippen molar-refractivity contribution in [2.75, 3.05) is 18.0 Å². The van der Waals surface area contributed by atoms with Crippen LogP contribution in [0.2, 0.25) is 0 Å². The van der Waals surface area contributed by atoms with Gasteiger partial charge >= 0.3 is 0 Å². The maximum atomic E-state index is 12.4. The number of hydrogen-bond donors (Lipinski definition) is 2. The minimum absolute atomic E-state index is 0.0214. The van der Waals surface area contributed by atoms with Crippen molar-refractivity contribution in [1.82, 2.24) is 10.6 Å². The summed E-state index contributed by atoms with van der Waals surface area (Å²) >= 11 is 0. The number of amides is 3. The van der Waals surface area contributed by atoms with Gasteiger partial charge in [0, 0.05) is 12.2 Å². The first-order valence-electron chi connectivity index (χ1n) is 7.16.